The summed E-state index contributed by atoms with van der Waals surface area (Å²) in [7, 11) is 1.86. The highest BCUT2D eigenvalue weighted by Gasteiger charge is 2.31. The topological polar surface area (TPSA) is 94.1 Å². The van der Waals surface area contributed by atoms with Crippen molar-refractivity contribution in [1.82, 2.24) is 19.7 Å². The van der Waals surface area contributed by atoms with E-state index in [1.807, 2.05) is 18.1 Å². The highest BCUT2D eigenvalue weighted by molar-refractivity contribution is 5.95. The van der Waals surface area contributed by atoms with E-state index >= 15 is 0 Å². The Morgan fingerprint density at radius 3 is 2.73 bits per heavy atom. The number of nitrogens with two attached hydrogens (primary N) is 1. The maximum atomic E-state index is 12.6. The van der Waals surface area contributed by atoms with Crippen LogP contribution in [0.5, 0.6) is 0 Å². The number of likely N-dealkylation sites (tertiary alicyclic amines) is 1. The van der Waals surface area contributed by atoms with E-state index in [0.29, 0.717) is 17.8 Å². The molecule has 2 aromatic heterocycles. The fourth-order valence-electron chi connectivity index (χ4n) is 2.78. The van der Waals surface area contributed by atoms with Crippen LogP contribution in [0.25, 0.3) is 0 Å². The van der Waals surface area contributed by atoms with Crippen LogP contribution in [0.1, 0.15) is 45.3 Å². The van der Waals surface area contributed by atoms with Crippen molar-refractivity contribution in [3.8, 4) is 0 Å². The van der Waals surface area contributed by atoms with Crippen LogP contribution in [0.4, 0.5) is 0 Å². The van der Waals surface area contributed by atoms with Gasteiger partial charge in [0.25, 0.3) is 5.91 Å². The SMILES string of the molecule is Cn1cc([C@H]2CCCN2C(=O)c2ccc(C(N)=O)cn2)cn1. The fourth-order valence-corrected chi connectivity index (χ4v) is 2.78. The molecule has 2 N–H and O–H groups in total. The van der Waals surface area contributed by atoms with Crippen LogP contribution in [0, 0.1) is 0 Å². The number of aryl methyl sites for hydroxylation is 1. The molecule has 0 aliphatic carbocycles. The summed E-state index contributed by atoms with van der Waals surface area (Å²) in [5.41, 5.74) is 6.82. The summed E-state index contributed by atoms with van der Waals surface area (Å²) >= 11 is 0. The summed E-state index contributed by atoms with van der Waals surface area (Å²) in [4.78, 5) is 29.6. The van der Waals surface area contributed by atoms with Crippen molar-refractivity contribution >= 4 is 11.8 Å². The standard InChI is InChI=1S/C15H17N5O2/c1-19-9-11(8-18-19)13-3-2-6-20(13)15(22)12-5-4-10(7-17-12)14(16)21/h4-5,7-9,13H,2-3,6H2,1H3,(H2,16,21)/t13-/m1/s1. The molecule has 1 aliphatic rings. The van der Waals surface area contributed by atoms with Gasteiger partial charge in [0.2, 0.25) is 5.91 Å². The zero-order valence-electron chi connectivity index (χ0n) is 12.3. The van der Waals surface area contributed by atoms with Crippen LogP contribution in [0.15, 0.2) is 30.7 Å². The zero-order valence-corrected chi connectivity index (χ0v) is 12.3. The zero-order chi connectivity index (χ0) is 15.7. The normalized spacial score (nSPS) is 17.7. The summed E-state index contributed by atoms with van der Waals surface area (Å²) in [6.45, 7) is 0.692. The number of pyridine rings is 1. The molecule has 114 valence electrons. The van der Waals surface area contributed by atoms with E-state index in [0.717, 1.165) is 18.4 Å². The van der Waals surface area contributed by atoms with Crippen LogP contribution >= 0.6 is 0 Å². The number of aromatic nitrogens is 3. The predicted octanol–water partition coefficient (Wildman–Crippen LogP) is 0.891. The second-order valence-corrected chi connectivity index (χ2v) is 5.40. The number of carbonyl (C=O) groups is 2. The molecule has 0 aromatic carbocycles. The Kier molecular flexibility index (Phi) is 3.62. The molecule has 7 heteroatoms. The highest BCUT2D eigenvalue weighted by atomic mass is 16.2. The van der Waals surface area contributed by atoms with E-state index in [1.54, 1.807) is 16.9 Å². The van der Waals surface area contributed by atoms with Gasteiger partial charge in [0.05, 0.1) is 17.8 Å². The number of hydrogen-bond acceptors (Lipinski definition) is 4. The molecule has 0 saturated carbocycles. The van der Waals surface area contributed by atoms with E-state index in [1.165, 1.54) is 12.3 Å². The van der Waals surface area contributed by atoms with Gasteiger partial charge in [-0.15, -0.1) is 0 Å². The summed E-state index contributed by atoms with van der Waals surface area (Å²) in [5.74, 6) is -0.691. The maximum Gasteiger partial charge on any atom is 0.272 e. The van der Waals surface area contributed by atoms with Crippen molar-refractivity contribution < 1.29 is 9.59 Å². The number of amides is 2. The lowest BCUT2D eigenvalue weighted by Crippen LogP contribution is -2.31. The first-order valence-electron chi connectivity index (χ1n) is 7.11. The Morgan fingerprint density at radius 2 is 2.14 bits per heavy atom. The molecule has 3 rings (SSSR count). The third kappa shape index (κ3) is 2.57. The number of nitrogens with zero attached hydrogens (tertiary/aromatic N) is 4. The molecule has 0 radical (unpaired) electrons. The van der Waals surface area contributed by atoms with Crippen molar-refractivity contribution in [2.45, 2.75) is 18.9 Å². The summed E-state index contributed by atoms with van der Waals surface area (Å²) < 4.78 is 1.73. The lowest BCUT2D eigenvalue weighted by atomic mass is 10.1. The van der Waals surface area contributed by atoms with Gasteiger partial charge >= 0.3 is 0 Å². The predicted molar refractivity (Wildman–Crippen MR) is 79.0 cm³/mol. The minimum Gasteiger partial charge on any atom is -0.366 e. The van der Waals surface area contributed by atoms with Gasteiger partial charge in [-0.25, -0.2) is 0 Å². The van der Waals surface area contributed by atoms with Crippen molar-refractivity contribution in [2.75, 3.05) is 6.54 Å². The Labute approximate surface area is 127 Å². The average molecular weight is 299 g/mol. The van der Waals surface area contributed by atoms with Gasteiger partial charge < -0.3 is 10.6 Å². The van der Waals surface area contributed by atoms with Crippen LogP contribution in [0.3, 0.4) is 0 Å². The van der Waals surface area contributed by atoms with E-state index in [-0.39, 0.29) is 11.9 Å². The van der Waals surface area contributed by atoms with Gasteiger partial charge in [-0.05, 0) is 25.0 Å². The molecular weight excluding hydrogens is 282 g/mol. The fraction of sp³-hybridized carbons (Fsp3) is 0.333. The van der Waals surface area contributed by atoms with Crippen LogP contribution in [0.2, 0.25) is 0 Å². The second kappa shape index (κ2) is 5.59. The third-order valence-corrected chi connectivity index (χ3v) is 3.89. The quantitative estimate of drug-likeness (QED) is 0.910. The molecule has 1 fully saturated rings. The molecule has 2 amide bonds. The van der Waals surface area contributed by atoms with Crippen molar-refractivity contribution in [2.24, 2.45) is 12.8 Å². The molecule has 1 aliphatic heterocycles. The van der Waals surface area contributed by atoms with E-state index < -0.39 is 5.91 Å². The van der Waals surface area contributed by atoms with Gasteiger partial charge in [-0.2, -0.15) is 5.10 Å². The van der Waals surface area contributed by atoms with Crippen LogP contribution in [-0.4, -0.2) is 38.0 Å². The highest BCUT2D eigenvalue weighted by Crippen LogP contribution is 2.32. The van der Waals surface area contributed by atoms with Gasteiger partial charge in [0, 0.05) is 31.5 Å². The molecule has 7 nitrogen and oxygen atoms in total. The van der Waals surface area contributed by atoms with Crippen molar-refractivity contribution in [3.05, 3.63) is 47.5 Å². The largest absolute Gasteiger partial charge is 0.366 e. The summed E-state index contributed by atoms with van der Waals surface area (Å²) in [6, 6.07) is 3.09. The lowest BCUT2D eigenvalue weighted by molar-refractivity contribution is 0.0729. The molecule has 0 bridgehead atoms. The molecular formula is C15H17N5O2. The molecule has 22 heavy (non-hydrogen) atoms. The third-order valence-electron chi connectivity index (χ3n) is 3.89. The average Bonchev–Trinajstić information content (AvgIpc) is 3.15. The Balaban J connectivity index is 1.82. The van der Waals surface area contributed by atoms with Crippen molar-refractivity contribution in [3.63, 3.8) is 0 Å². The van der Waals surface area contributed by atoms with Crippen LogP contribution < -0.4 is 5.73 Å². The minimum atomic E-state index is -0.555. The van der Waals surface area contributed by atoms with Crippen LogP contribution in [-0.2, 0) is 7.05 Å². The number of primary amides is 1. The number of rotatable bonds is 3. The Bertz CT molecular complexity index is 707. The summed E-state index contributed by atoms with van der Waals surface area (Å²) in [6.07, 6.45) is 6.92. The first kappa shape index (κ1) is 14.2. The Morgan fingerprint density at radius 1 is 1.32 bits per heavy atom. The van der Waals surface area contributed by atoms with Gasteiger partial charge in [-0.1, -0.05) is 0 Å². The van der Waals surface area contributed by atoms with E-state index in [9.17, 15) is 9.59 Å². The number of hydrogen-bond donors (Lipinski definition) is 1. The molecule has 0 spiro atoms. The van der Waals surface area contributed by atoms with Gasteiger partial charge in [0.15, 0.2) is 0 Å². The van der Waals surface area contributed by atoms with Crippen molar-refractivity contribution in [1.29, 1.82) is 0 Å². The number of carbonyl (C=O) groups excluding carboxylic acids is 2. The smallest absolute Gasteiger partial charge is 0.272 e. The summed E-state index contributed by atoms with van der Waals surface area (Å²) in [5, 5.41) is 4.17. The first-order chi connectivity index (χ1) is 10.6. The van der Waals surface area contributed by atoms with E-state index in [2.05, 4.69) is 10.1 Å². The lowest BCUT2D eigenvalue weighted by Gasteiger charge is -2.23. The van der Waals surface area contributed by atoms with Gasteiger partial charge in [0.1, 0.15) is 5.69 Å². The second-order valence-electron chi connectivity index (χ2n) is 5.40. The monoisotopic (exact) mass is 299 g/mol. The molecule has 3 heterocycles. The van der Waals surface area contributed by atoms with Gasteiger partial charge in [-0.3, -0.25) is 19.3 Å². The minimum absolute atomic E-state index is 0.0267. The van der Waals surface area contributed by atoms with E-state index in [4.69, 9.17) is 5.73 Å². The molecule has 1 atom stereocenters. The molecule has 1 saturated heterocycles. The maximum absolute atomic E-state index is 12.6. The first-order valence-corrected chi connectivity index (χ1v) is 7.11. The Hall–Kier alpha value is -2.70. The molecule has 2 aromatic rings. The molecule has 0 unspecified atom stereocenters.